The SMILES string of the molecule is CCCN(C(=O)CCCO)C(C)c1ccccc1Br. The molecule has 1 aromatic rings. The molecule has 1 amide bonds. The molecule has 19 heavy (non-hydrogen) atoms. The highest BCUT2D eigenvalue weighted by Gasteiger charge is 2.21. The van der Waals surface area contributed by atoms with Crippen LogP contribution >= 0.6 is 15.9 Å². The molecule has 0 bridgehead atoms. The summed E-state index contributed by atoms with van der Waals surface area (Å²) in [6, 6.07) is 8.03. The van der Waals surface area contributed by atoms with E-state index in [1.807, 2.05) is 36.1 Å². The van der Waals surface area contributed by atoms with E-state index in [1.54, 1.807) is 0 Å². The van der Waals surface area contributed by atoms with Crippen molar-refractivity contribution < 1.29 is 9.90 Å². The highest BCUT2D eigenvalue weighted by atomic mass is 79.9. The van der Waals surface area contributed by atoms with Crippen LogP contribution < -0.4 is 0 Å². The highest BCUT2D eigenvalue weighted by Crippen LogP contribution is 2.28. The first-order chi connectivity index (χ1) is 9.11. The summed E-state index contributed by atoms with van der Waals surface area (Å²) >= 11 is 3.54. The Bertz CT molecular complexity index is 409. The van der Waals surface area contributed by atoms with Crippen LogP contribution in [0.25, 0.3) is 0 Å². The minimum Gasteiger partial charge on any atom is -0.396 e. The van der Waals surface area contributed by atoms with Crippen LogP contribution in [0.15, 0.2) is 28.7 Å². The molecule has 0 aromatic heterocycles. The maximum Gasteiger partial charge on any atom is 0.223 e. The molecule has 1 aromatic carbocycles. The summed E-state index contributed by atoms with van der Waals surface area (Å²) < 4.78 is 1.03. The average Bonchev–Trinajstić information content (AvgIpc) is 2.42. The summed E-state index contributed by atoms with van der Waals surface area (Å²) in [5.41, 5.74) is 1.12. The molecule has 0 saturated carbocycles. The lowest BCUT2D eigenvalue weighted by molar-refractivity contribution is -0.133. The van der Waals surface area contributed by atoms with Gasteiger partial charge >= 0.3 is 0 Å². The normalized spacial score (nSPS) is 12.2. The van der Waals surface area contributed by atoms with Crippen LogP contribution in [-0.2, 0) is 4.79 Å². The van der Waals surface area contributed by atoms with Gasteiger partial charge in [-0.2, -0.15) is 0 Å². The van der Waals surface area contributed by atoms with Crippen LogP contribution in [0.4, 0.5) is 0 Å². The highest BCUT2D eigenvalue weighted by molar-refractivity contribution is 9.10. The minimum atomic E-state index is 0.0433. The van der Waals surface area contributed by atoms with E-state index in [0.29, 0.717) is 12.8 Å². The quantitative estimate of drug-likeness (QED) is 0.832. The second-order valence-electron chi connectivity index (χ2n) is 4.61. The number of rotatable bonds is 7. The summed E-state index contributed by atoms with van der Waals surface area (Å²) in [5, 5.41) is 8.85. The van der Waals surface area contributed by atoms with Gasteiger partial charge in [-0.1, -0.05) is 41.1 Å². The monoisotopic (exact) mass is 327 g/mol. The molecular formula is C15H22BrNO2. The summed E-state index contributed by atoms with van der Waals surface area (Å²) in [4.78, 5) is 14.1. The van der Waals surface area contributed by atoms with Crippen molar-refractivity contribution in [1.82, 2.24) is 4.90 Å². The molecular weight excluding hydrogens is 306 g/mol. The van der Waals surface area contributed by atoms with Gasteiger partial charge in [0.2, 0.25) is 5.91 Å². The fourth-order valence-corrected chi connectivity index (χ4v) is 2.75. The van der Waals surface area contributed by atoms with Crippen LogP contribution in [0, 0.1) is 0 Å². The van der Waals surface area contributed by atoms with Gasteiger partial charge in [0.15, 0.2) is 0 Å². The van der Waals surface area contributed by atoms with Crippen LogP contribution in [0.3, 0.4) is 0 Å². The molecule has 0 fully saturated rings. The maximum absolute atomic E-state index is 12.2. The molecule has 4 heteroatoms. The van der Waals surface area contributed by atoms with Gasteiger partial charge in [0.05, 0.1) is 6.04 Å². The zero-order valence-corrected chi connectivity index (χ0v) is 13.2. The number of halogens is 1. The summed E-state index contributed by atoms with van der Waals surface area (Å²) in [6.45, 7) is 4.92. The third-order valence-corrected chi connectivity index (χ3v) is 3.88. The van der Waals surface area contributed by atoms with Crippen molar-refractivity contribution in [3.8, 4) is 0 Å². The molecule has 0 heterocycles. The molecule has 0 spiro atoms. The molecule has 1 N–H and O–H groups in total. The fourth-order valence-electron chi connectivity index (χ4n) is 2.13. The second kappa shape index (κ2) is 8.33. The molecule has 1 unspecified atom stereocenters. The largest absolute Gasteiger partial charge is 0.396 e. The Hall–Kier alpha value is -0.870. The standard InChI is InChI=1S/C15H22BrNO2/c1-3-10-17(15(19)9-6-11-18)12(2)13-7-4-5-8-14(13)16/h4-5,7-8,12,18H,3,6,9-11H2,1-2H3. The number of aliphatic hydroxyl groups is 1. The Labute approximate surface area is 123 Å². The van der Waals surface area contributed by atoms with Crippen molar-refractivity contribution in [2.75, 3.05) is 13.2 Å². The van der Waals surface area contributed by atoms with Gasteiger partial charge in [0.25, 0.3) is 0 Å². The molecule has 0 saturated heterocycles. The number of carbonyl (C=O) groups is 1. The first-order valence-corrected chi connectivity index (χ1v) is 7.55. The number of nitrogens with zero attached hydrogens (tertiary/aromatic N) is 1. The number of amides is 1. The van der Waals surface area contributed by atoms with E-state index < -0.39 is 0 Å². The summed E-state index contributed by atoms with van der Waals surface area (Å²) in [6.07, 6.45) is 1.87. The van der Waals surface area contributed by atoms with Crippen LogP contribution in [0.2, 0.25) is 0 Å². The van der Waals surface area contributed by atoms with E-state index in [2.05, 4.69) is 22.9 Å². The lowest BCUT2D eigenvalue weighted by Gasteiger charge is -2.30. The molecule has 3 nitrogen and oxygen atoms in total. The first kappa shape index (κ1) is 16.2. The number of hydrogen-bond acceptors (Lipinski definition) is 2. The topological polar surface area (TPSA) is 40.5 Å². The number of aliphatic hydroxyl groups excluding tert-OH is 1. The van der Waals surface area contributed by atoms with Crippen LogP contribution in [-0.4, -0.2) is 29.1 Å². The van der Waals surface area contributed by atoms with Gasteiger partial charge in [-0.25, -0.2) is 0 Å². The third-order valence-electron chi connectivity index (χ3n) is 3.16. The van der Waals surface area contributed by atoms with E-state index >= 15 is 0 Å². The molecule has 1 rings (SSSR count). The van der Waals surface area contributed by atoms with E-state index in [1.165, 1.54) is 0 Å². The van der Waals surface area contributed by atoms with Crippen molar-refractivity contribution in [2.45, 2.75) is 39.2 Å². The summed E-state index contributed by atoms with van der Waals surface area (Å²) in [5.74, 6) is 0.110. The smallest absolute Gasteiger partial charge is 0.223 e. The van der Waals surface area contributed by atoms with Gasteiger partial charge in [-0.3, -0.25) is 4.79 Å². The second-order valence-corrected chi connectivity index (χ2v) is 5.47. The predicted molar refractivity (Wildman–Crippen MR) is 80.9 cm³/mol. The summed E-state index contributed by atoms with van der Waals surface area (Å²) in [7, 11) is 0. The van der Waals surface area contributed by atoms with E-state index in [0.717, 1.165) is 23.0 Å². The van der Waals surface area contributed by atoms with Gasteiger partial charge in [0, 0.05) is 24.0 Å². The Morgan fingerprint density at radius 3 is 2.68 bits per heavy atom. The average molecular weight is 328 g/mol. The number of hydrogen-bond donors (Lipinski definition) is 1. The number of carbonyl (C=O) groups excluding carboxylic acids is 1. The van der Waals surface area contributed by atoms with Crippen molar-refractivity contribution in [2.24, 2.45) is 0 Å². The van der Waals surface area contributed by atoms with Crippen molar-refractivity contribution in [1.29, 1.82) is 0 Å². The first-order valence-electron chi connectivity index (χ1n) is 6.76. The zero-order valence-electron chi connectivity index (χ0n) is 11.6. The molecule has 1 atom stereocenters. The molecule has 0 aliphatic heterocycles. The lowest BCUT2D eigenvalue weighted by Crippen LogP contribution is -2.34. The maximum atomic E-state index is 12.2. The molecule has 106 valence electrons. The molecule has 0 aliphatic rings. The number of benzene rings is 1. The van der Waals surface area contributed by atoms with Crippen molar-refractivity contribution in [3.63, 3.8) is 0 Å². The van der Waals surface area contributed by atoms with Crippen molar-refractivity contribution in [3.05, 3.63) is 34.3 Å². The van der Waals surface area contributed by atoms with Gasteiger partial charge in [-0.15, -0.1) is 0 Å². The van der Waals surface area contributed by atoms with Crippen LogP contribution in [0.5, 0.6) is 0 Å². The van der Waals surface area contributed by atoms with Crippen molar-refractivity contribution >= 4 is 21.8 Å². The van der Waals surface area contributed by atoms with Gasteiger partial charge in [0.1, 0.15) is 0 Å². The Morgan fingerprint density at radius 1 is 1.42 bits per heavy atom. The molecule has 0 aliphatic carbocycles. The Balaban J connectivity index is 2.86. The van der Waals surface area contributed by atoms with Gasteiger partial charge < -0.3 is 10.0 Å². The predicted octanol–water partition coefficient (Wildman–Crippen LogP) is 3.52. The zero-order chi connectivity index (χ0) is 14.3. The van der Waals surface area contributed by atoms with E-state index in [-0.39, 0.29) is 18.6 Å². The minimum absolute atomic E-state index is 0.0433. The van der Waals surface area contributed by atoms with Gasteiger partial charge in [-0.05, 0) is 31.4 Å². The van der Waals surface area contributed by atoms with E-state index in [4.69, 9.17) is 5.11 Å². The molecule has 0 radical (unpaired) electrons. The lowest BCUT2D eigenvalue weighted by atomic mass is 10.1. The third kappa shape index (κ3) is 4.62. The Morgan fingerprint density at radius 2 is 2.11 bits per heavy atom. The fraction of sp³-hybridized carbons (Fsp3) is 0.533. The Kier molecular flexibility index (Phi) is 7.10. The van der Waals surface area contributed by atoms with E-state index in [9.17, 15) is 4.79 Å². The van der Waals surface area contributed by atoms with Crippen LogP contribution in [0.1, 0.15) is 44.7 Å².